The van der Waals surface area contributed by atoms with Gasteiger partial charge in [-0.25, -0.2) is 14.8 Å². The zero-order chi connectivity index (χ0) is 22.6. The Kier molecular flexibility index (Phi) is 5.43. The quantitative estimate of drug-likeness (QED) is 0.343. The van der Waals surface area contributed by atoms with Crippen LogP contribution in [0.5, 0.6) is 5.75 Å². The third-order valence-corrected chi connectivity index (χ3v) is 4.94. The predicted molar refractivity (Wildman–Crippen MR) is 121 cm³/mol. The van der Waals surface area contributed by atoms with Crippen molar-refractivity contribution in [2.45, 2.75) is 0 Å². The molecule has 33 heavy (non-hydrogen) atoms. The van der Waals surface area contributed by atoms with Gasteiger partial charge < -0.3 is 18.7 Å². The van der Waals surface area contributed by atoms with E-state index in [1.165, 1.54) is 6.39 Å². The van der Waals surface area contributed by atoms with E-state index >= 15 is 0 Å². The van der Waals surface area contributed by atoms with Gasteiger partial charge in [-0.15, -0.1) is 0 Å². The molecule has 0 unspecified atom stereocenters. The van der Waals surface area contributed by atoms with Crippen LogP contribution in [-0.2, 0) is 4.79 Å². The van der Waals surface area contributed by atoms with Crippen molar-refractivity contribution in [3.05, 3.63) is 91.3 Å². The molecule has 0 amide bonds. The van der Waals surface area contributed by atoms with E-state index in [9.17, 15) is 4.79 Å². The lowest BCUT2D eigenvalue weighted by molar-refractivity contribution is -0.139. The van der Waals surface area contributed by atoms with Gasteiger partial charge >= 0.3 is 5.97 Å². The summed E-state index contributed by atoms with van der Waals surface area (Å²) in [4.78, 5) is 19.9. The number of carbonyl (C=O) groups is 1. The number of carboxylic acid groups (broad SMARTS) is 1. The Balaban J connectivity index is 1.59. The molecule has 0 radical (unpaired) electrons. The maximum atomic E-state index is 10.8. The molecule has 0 aliphatic carbocycles. The van der Waals surface area contributed by atoms with Crippen molar-refractivity contribution < 1.29 is 23.5 Å². The van der Waals surface area contributed by atoms with Crippen LogP contribution < -0.4 is 4.74 Å². The minimum Gasteiger partial charge on any atom is -0.482 e. The highest BCUT2D eigenvalue weighted by molar-refractivity contribution is 5.81. The SMILES string of the molecule is O=C(O)COc1cccc(-c2ncoc2-c2nc(-c3ccccc3)c(-c3ccccc3)o2)c1. The zero-order valence-corrected chi connectivity index (χ0v) is 17.3. The highest BCUT2D eigenvalue weighted by Gasteiger charge is 2.23. The molecule has 0 spiro atoms. The fourth-order valence-corrected chi connectivity index (χ4v) is 3.48. The summed E-state index contributed by atoms with van der Waals surface area (Å²) >= 11 is 0. The smallest absolute Gasteiger partial charge is 0.341 e. The number of ether oxygens (including phenoxy) is 1. The topological polar surface area (TPSA) is 98.6 Å². The summed E-state index contributed by atoms with van der Waals surface area (Å²) < 4.78 is 17.2. The van der Waals surface area contributed by atoms with E-state index in [1.807, 2.05) is 66.7 Å². The van der Waals surface area contributed by atoms with E-state index < -0.39 is 12.6 Å². The Morgan fingerprint density at radius 2 is 1.52 bits per heavy atom. The normalized spacial score (nSPS) is 10.8. The van der Waals surface area contributed by atoms with Crippen LogP contribution in [0.2, 0.25) is 0 Å². The molecule has 3 aromatic carbocycles. The number of rotatable bonds is 7. The van der Waals surface area contributed by atoms with Crippen molar-refractivity contribution in [3.8, 4) is 51.2 Å². The number of aliphatic carboxylic acids is 1. The first-order valence-electron chi connectivity index (χ1n) is 10.2. The van der Waals surface area contributed by atoms with Gasteiger partial charge in [0.25, 0.3) is 5.89 Å². The number of hydrogen-bond acceptors (Lipinski definition) is 6. The zero-order valence-electron chi connectivity index (χ0n) is 17.3. The van der Waals surface area contributed by atoms with Crippen molar-refractivity contribution in [1.82, 2.24) is 9.97 Å². The van der Waals surface area contributed by atoms with Crippen LogP contribution in [0.25, 0.3) is 45.5 Å². The maximum Gasteiger partial charge on any atom is 0.341 e. The molecule has 0 bridgehead atoms. The van der Waals surface area contributed by atoms with Gasteiger partial charge in [0.15, 0.2) is 18.8 Å². The molecule has 162 valence electrons. The molecule has 7 heteroatoms. The minimum absolute atomic E-state index is 0.289. The van der Waals surface area contributed by atoms with Crippen LogP contribution in [-0.4, -0.2) is 27.7 Å². The lowest BCUT2D eigenvalue weighted by Gasteiger charge is -2.05. The highest BCUT2D eigenvalue weighted by Crippen LogP contribution is 2.39. The number of aromatic nitrogens is 2. The number of nitrogens with zero attached hydrogens (tertiary/aromatic N) is 2. The summed E-state index contributed by atoms with van der Waals surface area (Å²) in [5, 5.41) is 8.86. The Hall–Kier alpha value is -4.65. The van der Waals surface area contributed by atoms with Gasteiger partial charge in [-0.05, 0) is 12.1 Å². The summed E-state index contributed by atoms with van der Waals surface area (Å²) in [5.41, 5.74) is 3.69. The third kappa shape index (κ3) is 4.24. The Morgan fingerprint density at radius 1 is 0.818 bits per heavy atom. The molecule has 0 atom stereocenters. The van der Waals surface area contributed by atoms with E-state index in [4.69, 9.17) is 23.7 Å². The van der Waals surface area contributed by atoms with Gasteiger partial charge in [0, 0.05) is 16.7 Å². The van der Waals surface area contributed by atoms with Gasteiger partial charge in [-0.3, -0.25) is 0 Å². The van der Waals surface area contributed by atoms with Crippen LogP contribution >= 0.6 is 0 Å². The third-order valence-electron chi connectivity index (χ3n) is 4.94. The van der Waals surface area contributed by atoms with Crippen molar-refractivity contribution in [2.24, 2.45) is 0 Å². The van der Waals surface area contributed by atoms with Gasteiger partial charge in [0.1, 0.15) is 17.1 Å². The fraction of sp³-hybridized carbons (Fsp3) is 0.0385. The molecule has 5 aromatic rings. The van der Waals surface area contributed by atoms with E-state index in [-0.39, 0.29) is 5.89 Å². The minimum atomic E-state index is -1.05. The average molecular weight is 438 g/mol. The summed E-state index contributed by atoms with van der Waals surface area (Å²) in [6.07, 6.45) is 1.32. The molecular weight excluding hydrogens is 420 g/mol. The number of benzene rings is 3. The standard InChI is InChI=1S/C26H18N2O5/c29-21(30)15-31-20-13-7-12-19(14-20)22-25(32-16-27-22)26-28-23(17-8-3-1-4-9-17)24(33-26)18-10-5-2-6-11-18/h1-14,16H,15H2,(H,29,30). The van der Waals surface area contributed by atoms with Crippen LogP contribution in [0.3, 0.4) is 0 Å². The van der Waals surface area contributed by atoms with E-state index in [0.29, 0.717) is 34.2 Å². The van der Waals surface area contributed by atoms with Crippen molar-refractivity contribution in [2.75, 3.05) is 6.61 Å². The Morgan fingerprint density at radius 3 is 2.24 bits per heavy atom. The van der Waals surface area contributed by atoms with Gasteiger partial charge in [-0.2, -0.15) is 0 Å². The molecule has 0 aliphatic rings. The van der Waals surface area contributed by atoms with Crippen LogP contribution in [0, 0.1) is 0 Å². The lowest BCUT2D eigenvalue weighted by Crippen LogP contribution is -2.09. The molecule has 7 nitrogen and oxygen atoms in total. The fourth-order valence-electron chi connectivity index (χ4n) is 3.48. The number of oxazole rings is 2. The van der Waals surface area contributed by atoms with Crippen LogP contribution in [0.1, 0.15) is 0 Å². The summed E-state index contributed by atoms with van der Waals surface area (Å²) in [5.74, 6) is 0.634. The number of carboxylic acids is 1. The first kappa shape index (κ1) is 20.3. The largest absolute Gasteiger partial charge is 0.482 e. The van der Waals surface area contributed by atoms with Gasteiger partial charge in [0.05, 0.1) is 0 Å². The molecule has 0 fully saturated rings. The van der Waals surface area contributed by atoms with Crippen LogP contribution in [0.4, 0.5) is 0 Å². The molecular formula is C26H18N2O5. The second-order valence-electron chi connectivity index (χ2n) is 7.17. The molecule has 2 aromatic heterocycles. The van der Waals surface area contributed by atoms with Crippen molar-refractivity contribution >= 4 is 5.97 Å². The maximum absolute atomic E-state index is 10.8. The molecule has 0 saturated heterocycles. The second-order valence-corrected chi connectivity index (χ2v) is 7.17. The Labute approximate surface area is 188 Å². The number of hydrogen-bond donors (Lipinski definition) is 1. The first-order valence-corrected chi connectivity index (χ1v) is 10.2. The summed E-state index contributed by atoms with van der Waals surface area (Å²) in [7, 11) is 0. The van der Waals surface area contributed by atoms with E-state index in [2.05, 4.69) is 4.98 Å². The average Bonchev–Trinajstić information content (AvgIpc) is 3.52. The monoisotopic (exact) mass is 438 g/mol. The molecule has 0 aliphatic heterocycles. The molecule has 0 saturated carbocycles. The second kappa shape index (κ2) is 8.84. The summed E-state index contributed by atoms with van der Waals surface area (Å²) in [6.45, 7) is -0.435. The molecule has 1 N–H and O–H groups in total. The van der Waals surface area contributed by atoms with Crippen molar-refractivity contribution in [1.29, 1.82) is 0 Å². The van der Waals surface area contributed by atoms with E-state index in [0.717, 1.165) is 11.1 Å². The van der Waals surface area contributed by atoms with Crippen LogP contribution in [0.15, 0.2) is 100 Å². The van der Waals surface area contributed by atoms with Gasteiger partial charge in [0.2, 0.25) is 5.76 Å². The van der Waals surface area contributed by atoms with Crippen molar-refractivity contribution in [3.63, 3.8) is 0 Å². The van der Waals surface area contributed by atoms with Gasteiger partial charge in [-0.1, -0.05) is 72.8 Å². The highest BCUT2D eigenvalue weighted by atomic mass is 16.5. The first-order chi connectivity index (χ1) is 16.2. The lowest BCUT2D eigenvalue weighted by atomic mass is 10.1. The predicted octanol–water partition coefficient (Wildman–Crippen LogP) is 5.79. The Bertz CT molecular complexity index is 1330. The van der Waals surface area contributed by atoms with E-state index in [1.54, 1.807) is 18.2 Å². The molecule has 5 rings (SSSR count). The summed E-state index contributed by atoms with van der Waals surface area (Å²) in [6, 6.07) is 26.5. The molecule has 2 heterocycles.